The molecule has 140 valence electrons. The van der Waals surface area contributed by atoms with Gasteiger partial charge in [0, 0.05) is 17.4 Å². The lowest BCUT2D eigenvalue weighted by Gasteiger charge is -2.12. The second kappa shape index (κ2) is 8.11. The van der Waals surface area contributed by atoms with Gasteiger partial charge in [-0.1, -0.05) is 11.6 Å². The predicted octanol–water partition coefficient (Wildman–Crippen LogP) is 3.88. The number of aryl methyl sites for hydroxylation is 1. The Morgan fingerprint density at radius 3 is 2.52 bits per heavy atom. The van der Waals surface area contributed by atoms with Crippen LogP contribution in [-0.4, -0.2) is 27.6 Å². The predicted molar refractivity (Wildman–Crippen MR) is 104 cm³/mol. The number of amides is 1. The van der Waals surface area contributed by atoms with E-state index in [0.717, 1.165) is 11.4 Å². The summed E-state index contributed by atoms with van der Waals surface area (Å²) in [5, 5.41) is 21.6. The van der Waals surface area contributed by atoms with Gasteiger partial charge in [0.25, 0.3) is 5.91 Å². The van der Waals surface area contributed by atoms with E-state index >= 15 is 0 Å². The van der Waals surface area contributed by atoms with Crippen molar-refractivity contribution in [1.82, 2.24) is 9.88 Å². The number of carboxylic acids is 1. The molecule has 0 aliphatic rings. The van der Waals surface area contributed by atoms with Crippen molar-refractivity contribution in [2.45, 2.75) is 33.7 Å². The molecule has 1 amide bonds. The van der Waals surface area contributed by atoms with Crippen LogP contribution in [0, 0.1) is 25.2 Å². The first-order valence-corrected chi connectivity index (χ1v) is 8.68. The smallest absolute Gasteiger partial charge is 0.335 e. The van der Waals surface area contributed by atoms with Crippen molar-refractivity contribution in [3.8, 4) is 11.8 Å². The minimum absolute atomic E-state index is 0.00525. The van der Waals surface area contributed by atoms with Crippen molar-refractivity contribution in [2.24, 2.45) is 0 Å². The number of rotatable bonds is 5. The van der Waals surface area contributed by atoms with E-state index < -0.39 is 11.9 Å². The maximum atomic E-state index is 12.1. The van der Waals surface area contributed by atoms with Crippen molar-refractivity contribution < 1.29 is 14.7 Å². The van der Waals surface area contributed by atoms with Gasteiger partial charge in [0.15, 0.2) is 0 Å². The normalized spacial score (nSPS) is 11.4. The number of nitrogens with one attached hydrogen (secondary N) is 1. The van der Waals surface area contributed by atoms with Gasteiger partial charge < -0.3 is 15.0 Å². The number of nitrogens with zero attached hydrogens (tertiary/aromatic N) is 2. The molecule has 2 N–H and O–H groups in total. The van der Waals surface area contributed by atoms with Gasteiger partial charge in [0.1, 0.15) is 11.6 Å². The highest BCUT2D eigenvalue weighted by Crippen LogP contribution is 2.28. The number of benzene rings is 1. The molecule has 2 rings (SSSR count). The van der Waals surface area contributed by atoms with Gasteiger partial charge in [-0.05, 0) is 63.6 Å². The maximum Gasteiger partial charge on any atom is 0.335 e. The summed E-state index contributed by atoms with van der Waals surface area (Å²) in [6, 6.07) is 8.12. The molecule has 0 bridgehead atoms. The van der Waals surface area contributed by atoms with Crippen molar-refractivity contribution in [3.63, 3.8) is 0 Å². The Labute approximate surface area is 162 Å². The molecule has 6 nitrogen and oxygen atoms in total. The van der Waals surface area contributed by atoms with E-state index in [1.54, 1.807) is 4.57 Å². The zero-order valence-electron chi connectivity index (χ0n) is 15.5. The summed E-state index contributed by atoms with van der Waals surface area (Å²) in [5.74, 6) is -1.49. The number of carbonyl (C=O) groups excluding carboxylic acids is 1. The van der Waals surface area contributed by atoms with Crippen LogP contribution in [0.3, 0.4) is 0 Å². The highest BCUT2D eigenvalue weighted by molar-refractivity contribution is 6.32. The molecule has 0 aliphatic carbocycles. The highest BCUT2D eigenvalue weighted by atomic mass is 35.5. The van der Waals surface area contributed by atoms with Gasteiger partial charge in [-0.2, -0.15) is 5.26 Å². The van der Waals surface area contributed by atoms with Crippen molar-refractivity contribution >= 4 is 29.6 Å². The topological polar surface area (TPSA) is 95.1 Å². The van der Waals surface area contributed by atoms with Gasteiger partial charge in [0.2, 0.25) is 0 Å². The van der Waals surface area contributed by atoms with Crippen molar-refractivity contribution in [3.05, 3.63) is 57.4 Å². The molecule has 0 spiro atoms. The lowest BCUT2D eigenvalue weighted by molar-refractivity contribution is -0.117. The van der Waals surface area contributed by atoms with Crippen molar-refractivity contribution in [2.75, 3.05) is 0 Å². The summed E-state index contributed by atoms with van der Waals surface area (Å²) in [5.41, 5.74) is 2.85. The van der Waals surface area contributed by atoms with E-state index in [-0.39, 0.29) is 17.2 Å². The maximum absolute atomic E-state index is 12.1. The molecule has 0 fully saturated rings. The van der Waals surface area contributed by atoms with Gasteiger partial charge in [-0.25, -0.2) is 4.79 Å². The first-order chi connectivity index (χ1) is 12.6. The summed E-state index contributed by atoms with van der Waals surface area (Å²) in [4.78, 5) is 23.4. The zero-order chi connectivity index (χ0) is 20.3. The minimum atomic E-state index is -1.05. The second-order valence-electron chi connectivity index (χ2n) is 6.43. The summed E-state index contributed by atoms with van der Waals surface area (Å²) in [7, 11) is 0. The van der Waals surface area contributed by atoms with E-state index in [2.05, 4.69) is 5.32 Å². The highest BCUT2D eigenvalue weighted by Gasteiger charge is 2.16. The Hall–Kier alpha value is -3.04. The van der Waals surface area contributed by atoms with E-state index in [9.17, 15) is 20.0 Å². The van der Waals surface area contributed by atoms with Gasteiger partial charge in [0.05, 0.1) is 16.3 Å². The standard InChI is InChI=1S/C20H20ClN3O3/c1-11(2)23-19(25)16(10-22)8-15-7-12(3)24(13(15)4)18-9-14(20(26)27)5-6-17(18)21/h5-9,11H,1-4H3,(H,23,25)(H,26,27)/b16-8-. The van der Waals surface area contributed by atoms with Crippen LogP contribution in [0.5, 0.6) is 0 Å². The van der Waals surface area contributed by atoms with E-state index in [0.29, 0.717) is 16.3 Å². The molecule has 1 heterocycles. The molecule has 27 heavy (non-hydrogen) atoms. The molecule has 0 aliphatic heterocycles. The fraction of sp³-hybridized carbons (Fsp3) is 0.250. The number of halogens is 1. The van der Waals surface area contributed by atoms with Gasteiger partial charge in [-0.3, -0.25) is 4.79 Å². The lowest BCUT2D eigenvalue weighted by Crippen LogP contribution is -2.30. The number of hydrogen-bond donors (Lipinski definition) is 2. The number of carboxylic acid groups (broad SMARTS) is 1. The summed E-state index contributed by atoms with van der Waals surface area (Å²) < 4.78 is 1.80. The Morgan fingerprint density at radius 2 is 1.96 bits per heavy atom. The fourth-order valence-corrected chi connectivity index (χ4v) is 2.97. The van der Waals surface area contributed by atoms with Crippen LogP contribution in [-0.2, 0) is 4.79 Å². The van der Waals surface area contributed by atoms with Crippen LogP contribution < -0.4 is 5.32 Å². The summed E-state index contributed by atoms with van der Waals surface area (Å²) in [6.07, 6.45) is 1.52. The Bertz CT molecular complexity index is 981. The molecular formula is C20H20ClN3O3. The third-order valence-electron chi connectivity index (χ3n) is 3.99. The Balaban J connectivity index is 2.57. The van der Waals surface area contributed by atoms with Crippen LogP contribution in [0.4, 0.5) is 0 Å². The molecule has 0 saturated carbocycles. The van der Waals surface area contributed by atoms with Crippen LogP contribution in [0.1, 0.15) is 41.2 Å². The molecule has 1 aromatic carbocycles. The number of aromatic carboxylic acids is 1. The van der Waals surface area contributed by atoms with Crippen LogP contribution in [0.2, 0.25) is 5.02 Å². The Kier molecular flexibility index (Phi) is 6.09. The molecule has 7 heteroatoms. The van der Waals surface area contributed by atoms with E-state index in [1.165, 1.54) is 24.3 Å². The summed E-state index contributed by atoms with van der Waals surface area (Å²) in [6.45, 7) is 7.29. The third-order valence-corrected chi connectivity index (χ3v) is 4.31. The minimum Gasteiger partial charge on any atom is -0.478 e. The summed E-state index contributed by atoms with van der Waals surface area (Å²) >= 11 is 6.28. The number of aromatic nitrogens is 1. The molecule has 0 unspecified atom stereocenters. The second-order valence-corrected chi connectivity index (χ2v) is 6.84. The van der Waals surface area contributed by atoms with Crippen LogP contribution in [0.25, 0.3) is 11.8 Å². The Morgan fingerprint density at radius 1 is 1.30 bits per heavy atom. The van der Waals surface area contributed by atoms with Crippen LogP contribution >= 0.6 is 11.6 Å². The SMILES string of the molecule is Cc1cc(/C=C(/C#N)C(=O)NC(C)C)c(C)n1-c1cc(C(=O)O)ccc1Cl. The zero-order valence-corrected chi connectivity index (χ0v) is 16.3. The molecule has 0 atom stereocenters. The average molecular weight is 386 g/mol. The number of nitriles is 1. The largest absolute Gasteiger partial charge is 0.478 e. The monoisotopic (exact) mass is 385 g/mol. The molecule has 0 radical (unpaired) electrons. The van der Waals surface area contributed by atoms with Crippen molar-refractivity contribution in [1.29, 1.82) is 5.26 Å². The third kappa shape index (κ3) is 4.39. The first-order valence-electron chi connectivity index (χ1n) is 8.30. The molecular weight excluding hydrogens is 366 g/mol. The van der Waals surface area contributed by atoms with E-state index in [1.807, 2.05) is 39.8 Å². The van der Waals surface area contributed by atoms with Gasteiger partial charge in [-0.15, -0.1) is 0 Å². The first kappa shape index (κ1) is 20.3. The fourth-order valence-electron chi connectivity index (χ4n) is 2.77. The van der Waals surface area contributed by atoms with Crippen LogP contribution in [0.15, 0.2) is 29.8 Å². The quantitative estimate of drug-likeness (QED) is 0.603. The molecule has 1 aromatic heterocycles. The lowest BCUT2D eigenvalue weighted by atomic mass is 10.1. The molecule has 2 aromatic rings. The van der Waals surface area contributed by atoms with E-state index in [4.69, 9.17) is 11.6 Å². The van der Waals surface area contributed by atoms with Gasteiger partial charge >= 0.3 is 5.97 Å². The molecule has 0 saturated heterocycles. The number of carbonyl (C=O) groups is 2. The average Bonchev–Trinajstić information content (AvgIpc) is 2.86. The number of hydrogen-bond acceptors (Lipinski definition) is 3.